The Bertz CT molecular complexity index is 1360. The molecule has 0 aliphatic carbocycles. The Balaban J connectivity index is 1.67. The first-order valence-corrected chi connectivity index (χ1v) is 9.91. The van der Waals surface area contributed by atoms with Crippen molar-refractivity contribution in [3.05, 3.63) is 91.3 Å². The van der Waals surface area contributed by atoms with E-state index in [1.807, 2.05) is 42.5 Å². The number of carbonyl (C=O) groups is 1. The number of fused-ring (bicyclic) bond motifs is 1. The standard InChI is InChI=1S/C21H14N4O5S/c1-12-17(9-14(24(27)28)10-19(12)25(29)30)20(26)23-21-22-18(11-31-21)16-8-4-6-13-5-2-3-7-15(13)16/h2-11H,1H3,(H,22,23,26). The lowest BCUT2D eigenvalue weighted by Gasteiger charge is -2.06. The molecule has 3 aromatic carbocycles. The van der Waals surface area contributed by atoms with Gasteiger partial charge in [-0.3, -0.25) is 30.3 Å². The number of rotatable bonds is 5. The van der Waals surface area contributed by atoms with Gasteiger partial charge >= 0.3 is 0 Å². The molecule has 154 valence electrons. The molecule has 4 aromatic rings. The summed E-state index contributed by atoms with van der Waals surface area (Å²) >= 11 is 1.19. The van der Waals surface area contributed by atoms with Crippen LogP contribution >= 0.6 is 11.3 Å². The molecule has 31 heavy (non-hydrogen) atoms. The van der Waals surface area contributed by atoms with Crippen LogP contribution in [0.4, 0.5) is 16.5 Å². The van der Waals surface area contributed by atoms with Crippen LogP contribution in [0.25, 0.3) is 22.0 Å². The van der Waals surface area contributed by atoms with Gasteiger partial charge in [-0.1, -0.05) is 42.5 Å². The van der Waals surface area contributed by atoms with E-state index in [1.54, 1.807) is 5.38 Å². The maximum atomic E-state index is 12.8. The number of anilines is 1. The second kappa shape index (κ2) is 7.92. The molecule has 0 fully saturated rings. The number of thiazole rings is 1. The van der Waals surface area contributed by atoms with Crippen molar-refractivity contribution in [2.24, 2.45) is 0 Å². The fourth-order valence-electron chi connectivity index (χ4n) is 3.28. The summed E-state index contributed by atoms with van der Waals surface area (Å²) in [4.78, 5) is 38.1. The molecule has 0 saturated heterocycles. The fraction of sp³-hybridized carbons (Fsp3) is 0.0476. The number of nitrogens with one attached hydrogen (secondary N) is 1. The molecule has 1 amide bonds. The molecule has 0 spiro atoms. The van der Waals surface area contributed by atoms with Gasteiger partial charge < -0.3 is 0 Å². The number of non-ortho nitro benzene ring substituents is 1. The zero-order valence-corrected chi connectivity index (χ0v) is 16.9. The summed E-state index contributed by atoms with van der Waals surface area (Å²) in [5, 5.41) is 29.1. The van der Waals surface area contributed by atoms with E-state index in [4.69, 9.17) is 0 Å². The van der Waals surface area contributed by atoms with Gasteiger partial charge in [0.15, 0.2) is 5.13 Å². The van der Waals surface area contributed by atoms with Crippen molar-refractivity contribution in [2.75, 3.05) is 5.32 Å². The van der Waals surface area contributed by atoms with Gasteiger partial charge in [0.25, 0.3) is 17.3 Å². The van der Waals surface area contributed by atoms with Gasteiger partial charge in [-0.05, 0) is 17.7 Å². The largest absolute Gasteiger partial charge is 0.298 e. The van der Waals surface area contributed by atoms with E-state index in [1.165, 1.54) is 18.3 Å². The summed E-state index contributed by atoms with van der Waals surface area (Å²) in [6.45, 7) is 1.38. The number of hydrogen-bond acceptors (Lipinski definition) is 7. The zero-order chi connectivity index (χ0) is 22.1. The lowest BCUT2D eigenvalue weighted by molar-refractivity contribution is -0.394. The average molecular weight is 434 g/mol. The molecule has 0 saturated carbocycles. The highest BCUT2D eigenvalue weighted by molar-refractivity contribution is 7.14. The minimum Gasteiger partial charge on any atom is -0.298 e. The van der Waals surface area contributed by atoms with Crippen LogP contribution in [0.3, 0.4) is 0 Å². The van der Waals surface area contributed by atoms with Gasteiger partial charge in [0, 0.05) is 22.6 Å². The van der Waals surface area contributed by atoms with Gasteiger partial charge in [-0.15, -0.1) is 11.3 Å². The van der Waals surface area contributed by atoms with Crippen LogP contribution in [0.1, 0.15) is 15.9 Å². The van der Waals surface area contributed by atoms with Crippen molar-refractivity contribution in [1.82, 2.24) is 4.98 Å². The average Bonchev–Trinajstić information content (AvgIpc) is 3.21. The number of aromatic nitrogens is 1. The molecule has 1 N–H and O–H groups in total. The van der Waals surface area contributed by atoms with Crippen molar-refractivity contribution in [2.45, 2.75) is 6.92 Å². The first-order valence-electron chi connectivity index (χ1n) is 9.03. The second-order valence-electron chi connectivity index (χ2n) is 6.67. The molecule has 0 aliphatic rings. The summed E-state index contributed by atoms with van der Waals surface area (Å²) in [6, 6.07) is 15.5. The first kappa shape index (κ1) is 20.1. The predicted octanol–water partition coefficient (Wildman–Crippen LogP) is 5.34. The van der Waals surface area contributed by atoms with Crippen LogP contribution in [0.5, 0.6) is 0 Å². The van der Waals surface area contributed by atoms with Crippen LogP contribution in [-0.2, 0) is 0 Å². The molecule has 1 aromatic heterocycles. The number of hydrogen-bond donors (Lipinski definition) is 1. The van der Waals surface area contributed by atoms with Gasteiger partial charge in [-0.2, -0.15) is 0 Å². The third kappa shape index (κ3) is 3.83. The molecule has 1 heterocycles. The highest BCUT2D eigenvalue weighted by Gasteiger charge is 2.25. The van der Waals surface area contributed by atoms with Gasteiger partial charge in [0.1, 0.15) is 0 Å². The Morgan fingerprint density at radius 2 is 1.77 bits per heavy atom. The van der Waals surface area contributed by atoms with Crippen LogP contribution in [-0.4, -0.2) is 20.7 Å². The molecule has 0 atom stereocenters. The van der Waals surface area contributed by atoms with E-state index >= 15 is 0 Å². The van der Waals surface area contributed by atoms with Crippen LogP contribution in [0, 0.1) is 27.2 Å². The van der Waals surface area contributed by atoms with E-state index < -0.39 is 27.1 Å². The zero-order valence-electron chi connectivity index (χ0n) is 16.1. The molecule has 0 bridgehead atoms. The Labute approximate surface area is 179 Å². The number of amides is 1. The first-order chi connectivity index (χ1) is 14.8. The van der Waals surface area contributed by atoms with Crippen molar-refractivity contribution in [1.29, 1.82) is 0 Å². The van der Waals surface area contributed by atoms with Gasteiger partial charge in [0.05, 0.1) is 27.2 Å². The Morgan fingerprint density at radius 3 is 2.52 bits per heavy atom. The lowest BCUT2D eigenvalue weighted by atomic mass is 10.0. The number of carbonyl (C=O) groups excluding carboxylic acids is 1. The van der Waals surface area contributed by atoms with E-state index in [0.717, 1.165) is 28.5 Å². The molecule has 0 unspecified atom stereocenters. The fourth-order valence-corrected chi connectivity index (χ4v) is 3.99. The molecule has 9 nitrogen and oxygen atoms in total. The Hall–Kier alpha value is -4.18. The molecule has 4 rings (SSSR count). The highest BCUT2D eigenvalue weighted by atomic mass is 32.1. The van der Waals surface area contributed by atoms with E-state index in [-0.39, 0.29) is 16.3 Å². The van der Waals surface area contributed by atoms with Crippen LogP contribution < -0.4 is 5.32 Å². The van der Waals surface area contributed by atoms with E-state index in [0.29, 0.717) is 5.69 Å². The second-order valence-corrected chi connectivity index (χ2v) is 7.53. The van der Waals surface area contributed by atoms with Crippen molar-refractivity contribution in [3.8, 4) is 11.3 Å². The summed E-state index contributed by atoms with van der Waals surface area (Å²) in [5.41, 5.74) is 0.436. The third-order valence-corrected chi connectivity index (χ3v) is 5.57. The number of nitro benzene ring substituents is 2. The van der Waals surface area contributed by atoms with Gasteiger partial charge in [0.2, 0.25) is 0 Å². The van der Waals surface area contributed by atoms with E-state index in [9.17, 15) is 25.0 Å². The number of benzene rings is 3. The molecule has 0 radical (unpaired) electrons. The normalized spacial score (nSPS) is 10.7. The smallest absolute Gasteiger partial charge is 0.279 e. The molecular weight excluding hydrogens is 420 g/mol. The van der Waals surface area contributed by atoms with Crippen molar-refractivity contribution >= 4 is 44.5 Å². The Morgan fingerprint density at radius 1 is 1.03 bits per heavy atom. The van der Waals surface area contributed by atoms with E-state index in [2.05, 4.69) is 10.3 Å². The molecular formula is C21H14N4O5S. The van der Waals surface area contributed by atoms with Crippen LogP contribution in [0.2, 0.25) is 0 Å². The minimum atomic E-state index is -0.773. The summed E-state index contributed by atoms with van der Waals surface area (Å²) in [7, 11) is 0. The summed E-state index contributed by atoms with van der Waals surface area (Å²) in [6.07, 6.45) is 0. The monoisotopic (exact) mass is 434 g/mol. The maximum absolute atomic E-state index is 12.8. The molecule has 10 heteroatoms. The van der Waals surface area contributed by atoms with Gasteiger partial charge in [-0.25, -0.2) is 4.98 Å². The van der Waals surface area contributed by atoms with Crippen molar-refractivity contribution in [3.63, 3.8) is 0 Å². The minimum absolute atomic E-state index is 0.0407. The maximum Gasteiger partial charge on any atom is 0.279 e. The Kier molecular flexibility index (Phi) is 5.14. The summed E-state index contributed by atoms with van der Waals surface area (Å²) < 4.78 is 0. The molecule has 0 aliphatic heterocycles. The third-order valence-electron chi connectivity index (χ3n) is 4.81. The highest BCUT2D eigenvalue weighted by Crippen LogP contribution is 2.32. The topological polar surface area (TPSA) is 128 Å². The number of nitrogens with zero attached hydrogens (tertiary/aromatic N) is 3. The SMILES string of the molecule is Cc1c(C(=O)Nc2nc(-c3cccc4ccccc34)cs2)cc([N+](=O)[O-])cc1[N+](=O)[O-]. The number of nitro groups is 2. The van der Waals surface area contributed by atoms with Crippen molar-refractivity contribution < 1.29 is 14.6 Å². The quantitative estimate of drug-likeness (QED) is 0.333. The lowest BCUT2D eigenvalue weighted by Crippen LogP contribution is -2.14. The summed E-state index contributed by atoms with van der Waals surface area (Å²) in [5.74, 6) is -0.705. The predicted molar refractivity (Wildman–Crippen MR) is 117 cm³/mol. The van der Waals surface area contributed by atoms with Crippen LogP contribution in [0.15, 0.2) is 60.0 Å².